The van der Waals surface area contributed by atoms with Gasteiger partial charge in [0.15, 0.2) is 0 Å². The molecule has 0 saturated carbocycles. The summed E-state index contributed by atoms with van der Waals surface area (Å²) < 4.78 is 1.40. The van der Waals surface area contributed by atoms with Gasteiger partial charge in [0.25, 0.3) is 5.56 Å². The van der Waals surface area contributed by atoms with Crippen molar-refractivity contribution in [1.29, 1.82) is 0 Å². The van der Waals surface area contributed by atoms with Crippen LogP contribution in [0.1, 0.15) is 25.3 Å². The fourth-order valence-corrected chi connectivity index (χ4v) is 2.72. The van der Waals surface area contributed by atoms with E-state index in [9.17, 15) is 9.59 Å². The van der Waals surface area contributed by atoms with Crippen LogP contribution in [-0.4, -0.2) is 20.7 Å². The van der Waals surface area contributed by atoms with E-state index < -0.39 is 0 Å². The van der Waals surface area contributed by atoms with Crippen molar-refractivity contribution in [2.24, 2.45) is 0 Å². The lowest BCUT2D eigenvalue weighted by molar-refractivity contribution is -0.116. The van der Waals surface area contributed by atoms with Crippen LogP contribution in [-0.2, 0) is 17.8 Å². The summed E-state index contributed by atoms with van der Waals surface area (Å²) in [6, 6.07) is 14.7. The molecule has 6 nitrogen and oxygen atoms in total. The van der Waals surface area contributed by atoms with Gasteiger partial charge in [0.1, 0.15) is 0 Å². The first-order valence-electron chi connectivity index (χ1n) is 9.03. The van der Waals surface area contributed by atoms with Crippen molar-refractivity contribution in [3.8, 4) is 11.3 Å². The number of carbonyl (C=O) groups is 1. The summed E-state index contributed by atoms with van der Waals surface area (Å²) in [5.74, 6) is -0.0717. The van der Waals surface area contributed by atoms with Gasteiger partial charge < -0.3 is 5.32 Å². The average molecular weight is 362 g/mol. The minimum atomic E-state index is -0.177. The fourth-order valence-electron chi connectivity index (χ4n) is 2.72. The summed E-state index contributed by atoms with van der Waals surface area (Å²) in [5, 5.41) is 7.26. The summed E-state index contributed by atoms with van der Waals surface area (Å²) in [7, 11) is 0. The molecule has 0 unspecified atom stereocenters. The molecule has 3 rings (SSSR count). The van der Waals surface area contributed by atoms with Gasteiger partial charge in [0, 0.05) is 42.7 Å². The summed E-state index contributed by atoms with van der Waals surface area (Å²) in [4.78, 5) is 28.1. The molecule has 1 aromatic carbocycles. The molecule has 0 spiro atoms. The maximum atomic E-state index is 12.1. The molecule has 0 atom stereocenters. The third-order valence-corrected chi connectivity index (χ3v) is 4.26. The van der Waals surface area contributed by atoms with Crippen molar-refractivity contribution in [3.63, 3.8) is 0 Å². The second-order valence-electron chi connectivity index (χ2n) is 6.22. The maximum absolute atomic E-state index is 12.1. The summed E-state index contributed by atoms with van der Waals surface area (Å²) in [6.45, 7) is 2.48. The first kappa shape index (κ1) is 18.5. The number of benzene rings is 1. The molecule has 0 fully saturated rings. The molecule has 138 valence electrons. The van der Waals surface area contributed by atoms with Crippen LogP contribution < -0.4 is 10.9 Å². The van der Waals surface area contributed by atoms with E-state index in [1.165, 1.54) is 16.3 Å². The normalized spacial score (nSPS) is 10.6. The van der Waals surface area contributed by atoms with Crippen LogP contribution in [0.15, 0.2) is 65.7 Å². The summed E-state index contributed by atoms with van der Waals surface area (Å²) in [5.41, 5.74) is 3.44. The van der Waals surface area contributed by atoms with Gasteiger partial charge in [0.05, 0.1) is 5.69 Å². The first-order valence-corrected chi connectivity index (χ1v) is 9.03. The van der Waals surface area contributed by atoms with E-state index in [0.29, 0.717) is 25.1 Å². The zero-order chi connectivity index (χ0) is 19.1. The highest BCUT2D eigenvalue weighted by Crippen LogP contribution is 2.13. The molecule has 0 saturated heterocycles. The molecule has 27 heavy (non-hydrogen) atoms. The zero-order valence-corrected chi connectivity index (χ0v) is 15.3. The highest BCUT2D eigenvalue weighted by Gasteiger charge is 2.06. The van der Waals surface area contributed by atoms with Crippen LogP contribution in [0.3, 0.4) is 0 Å². The number of carbonyl (C=O) groups excluding carboxylic acids is 1. The fraction of sp³-hybridized carbons (Fsp3) is 0.238. The largest absolute Gasteiger partial charge is 0.326 e. The predicted octanol–water partition coefficient (Wildman–Crippen LogP) is 3.29. The lowest BCUT2D eigenvalue weighted by Crippen LogP contribution is -2.23. The van der Waals surface area contributed by atoms with Gasteiger partial charge in [-0.25, -0.2) is 4.68 Å². The third kappa shape index (κ3) is 5.10. The van der Waals surface area contributed by atoms with Gasteiger partial charge in [-0.15, -0.1) is 0 Å². The van der Waals surface area contributed by atoms with Crippen molar-refractivity contribution in [3.05, 3.63) is 76.8 Å². The van der Waals surface area contributed by atoms with Gasteiger partial charge in [0.2, 0.25) is 5.91 Å². The monoisotopic (exact) mass is 362 g/mol. The number of nitrogens with zero attached hydrogens (tertiary/aromatic N) is 3. The van der Waals surface area contributed by atoms with Gasteiger partial charge in [-0.05, 0) is 48.7 Å². The van der Waals surface area contributed by atoms with Crippen LogP contribution in [0.25, 0.3) is 11.3 Å². The predicted molar refractivity (Wildman–Crippen MR) is 105 cm³/mol. The smallest absolute Gasteiger partial charge is 0.266 e. The Labute approximate surface area is 157 Å². The lowest BCUT2D eigenvalue weighted by Gasteiger charge is -2.08. The standard InChI is InChI=1S/C21H22N4O2/c1-2-16-5-7-18(8-6-16)23-20(26)4-3-15-25-21(27)10-9-19(24-25)17-11-13-22-14-12-17/h5-14H,2-4,15H2,1H3,(H,23,26). The Balaban J connectivity index is 1.56. The zero-order valence-electron chi connectivity index (χ0n) is 15.3. The molecule has 1 amide bonds. The molecule has 0 aliphatic rings. The van der Waals surface area contributed by atoms with Crippen molar-refractivity contribution in [2.45, 2.75) is 32.7 Å². The number of anilines is 1. The van der Waals surface area contributed by atoms with Gasteiger partial charge in [-0.3, -0.25) is 14.6 Å². The van der Waals surface area contributed by atoms with Crippen LogP contribution in [0.5, 0.6) is 0 Å². The highest BCUT2D eigenvalue weighted by atomic mass is 16.1. The quantitative estimate of drug-likeness (QED) is 0.700. The van der Waals surface area contributed by atoms with Crippen LogP contribution in [0, 0.1) is 0 Å². The topological polar surface area (TPSA) is 76.9 Å². The number of pyridine rings is 1. The molecule has 0 aliphatic heterocycles. The Kier molecular flexibility index (Phi) is 6.10. The second-order valence-corrected chi connectivity index (χ2v) is 6.22. The van der Waals surface area contributed by atoms with E-state index in [1.54, 1.807) is 18.5 Å². The first-order chi connectivity index (χ1) is 13.2. The molecular formula is C21H22N4O2. The Bertz CT molecular complexity index is 950. The van der Waals surface area contributed by atoms with E-state index in [2.05, 4.69) is 22.3 Å². The van der Waals surface area contributed by atoms with Gasteiger partial charge >= 0.3 is 0 Å². The Morgan fingerprint density at radius 2 is 1.78 bits per heavy atom. The number of hydrogen-bond donors (Lipinski definition) is 1. The molecule has 6 heteroatoms. The van der Waals surface area contributed by atoms with Crippen molar-refractivity contribution in [2.75, 3.05) is 5.32 Å². The van der Waals surface area contributed by atoms with Gasteiger partial charge in [-0.1, -0.05) is 19.1 Å². The van der Waals surface area contributed by atoms with E-state index in [-0.39, 0.29) is 11.5 Å². The van der Waals surface area contributed by atoms with Crippen molar-refractivity contribution >= 4 is 11.6 Å². The molecular weight excluding hydrogens is 340 g/mol. The van der Waals surface area contributed by atoms with Gasteiger partial charge in [-0.2, -0.15) is 5.10 Å². The van der Waals surface area contributed by atoms with Crippen LogP contribution in [0.2, 0.25) is 0 Å². The van der Waals surface area contributed by atoms with Crippen LogP contribution in [0.4, 0.5) is 5.69 Å². The third-order valence-electron chi connectivity index (χ3n) is 4.26. The Hall–Kier alpha value is -3.28. The SMILES string of the molecule is CCc1ccc(NC(=O)CCCn2nc(-c3ccncc3)ccc2=O)cc1. The Morgan fingerprint density at radius 3 is 2.48 bits per heavy atom. The van der Waals surface area contributed by atoms with Crippen molar-refractivity contribution < 1.29 is 4.79 Å². The molecule has 1 N–H and O–H groups in total. The number of amides is 1. The number of aromatic nitrogens is 3. The molecule has 3 aromatic rings. The van der Waals surface area contributed by atoms with E-state index >= 15 is 0 Å². The molecule has 0 aliphatic carbocycles. The number of aryl methyl sites for hydroxylation is 2. The number of hydrogen-bond acceptors (Lipinski definition) is 4. The minimum absolute atomic E-state index is 0.0717. The summed E-state index contributed by atoms with van der Waals surface area (Å²) >= 11 is 0. The highest BCUT2D eigenvalue weighted by molar-refractivity contribution is 5.90. The molecule has 0 bridgehead atoms. The summed E-state index contributed by atoms with van der Waals surface area (Å²) in [6.07, 6.45) is 5.19. The van der Waals surface area contributed by atoms with E-state index in [1.807, 2.05) is 36.4 Å². The van der Waals surface area contributed by atoms with E-state index in [4.69, 9.17) is 0 Å². The second kappa shape index (κ2) is 8.89. The molecule has 2 aromatic heterocycles. The number of rotatable bonds is 7. The maximum Gasteiger partial charge on any atom is 0.266 e. The molecule has 0 radical (unpaired) electrons. The number of nitrogens with one attached hydrogen (secondary N) is 1. The average Bonchev–Trinajstić information content (AvgIpc) is 2.70. The Morgan fingerprint density at radius 1 is 1.04 bits per heavy atom. The van der Waals surface area contributed by atoms with E-state index in [0.717, 1.165) is 17.7 Å². The van der Waals surface area contributed by atoms with Crippen LogP contribution >= 0.6 is 0 Å². The lowest BCUT2D eigenvalue weighted by atomic mass is 10.1. The molecule has 2 heterocycles. The minimum Gasteiger partial charge on any atom is -0.326 e. The van der Waals surface area contributed by atoms with Crippen molar-refractivity contribution in [1.82, 2.24) is 14.8 Å².